The third-order valence-electron chi connectivity index (χ3n) is 3.39. The van der Waals surface area contributed by atoms with Crippen molar-refractivity contribution in [2.75, 3.05) is 31.5 Å². The lowest BCUT2D eigenvalue weighted by molar-refractivity contribution is 0.0174. The highest BCUT2D eigenvalue weighted by atomic mass is 35.5. The number of amides is 3. The number of nitrogens with zero attached hydrogens (tertiary/aromatic N) is 2. The Balaban J connectivity index is 1.89. The van der Waals surface area contributed by atoms with Crippen LogP contribution in [-0.4, -0.2) is 53.7 Å². The van der Waals surface area contributed by atoms with Crippen LogP contribution in [0, 0.1) is 0 Å². The molecule has 24 heavy (non-hydrogen) atoms. The second kappa shape index (κ2) is 7.49. The van der Waals surface area contributed by atoms with Crippen LogP contribution in [0.15, 0.2) is 18.2 Å². The van der Waals surface area contributed by atoms with Crippen LogP contribution in [0.3, 0.4) is 0 Å². The summed E-state index contributed by atoms with van der Waals surface area (Å²) in [4.78, 5) is 27.6. The molecule has 0 radical (unpaired) electrons. The molecule has 1 aliphatic rings. The Kier molecular flexibility index (Phi) is 5.83. The van der Waals surface area contributed by atoms with Gasteiger partial charge in [-0.25, -0.2) is 9.59 Å². The van der Waals surface area contributed by atoms with Gasteiger partial charge in [-0.15, -0.1) is 0 Å². The van der Waals surface area contributed by atoms with E-state index < -0.39 is 5.60 Å². The minimum atomic E-state index is -0.533. The molecule has 132 valence electrons. The molecule has 0 aliphatic carbocycles. The number of hydrogen-bond donors (Lipinski definition) is 1. The van der Waals surface area contributed by atoms with E-state index in [2.05, 4.69) is 5.32 Å². The van der Waals surface area contributed by atoms with E-state index in [1.807, 2.05) is 20.8 Å². The molecule has 8 heteroatoms. The summed E-state index contributed by atoms with van der Waals surface area (Å²) in [6, 6.07) is 4.60. The monoisotopic (exact) mass is 373 g/mol. The number of anilines is 1. The lowest BCUT2D eigenvalue weighted by Gasteiger charge is -2.35. The zero-order valence-corrected chi connectivity index (χ0v) is 15.4. The zero-order valence-electron chi connectivity index (χ0n) is 13.9. The van der Waals surface area contributed by atoms with Crippen LogP contribution >= 0.6 is 23.2 Å². The molecule has 0 saturated carbocycles. The molecular formula is C16H21Cl2N3O3. The Morgan fingerprint density at radius 3 is 2.25 bits per heavy atom. The molecule has 1 fully saturated rings. The number of ether oxygens (including phenoxy) is 1. The van der Waals surface area contributed by atoms with Crippen LogP contribution in [0.25, 0.3) is 0 Å². The molecule has 0 bridgehead atoms. The largest absolute Gasteiger partial charge is 0.444 e. The van der Waals surface area contributed by atoms with E-state index in [0.717, 1.165) is 0 Å². The van der Waals surface area contributed by atoms with Crippen molar-refractivity contribution in [3.05, 3.63) is 28.2 Å². The van der Waals surface area contributed by atoms with E-state index in [9.17, 15) is 9.59 Å². The van der Waals surface area contributed by atoms with Crippen molar-refractivity contribution in [1.29, 1.82) is 0 Å². The normalized spacial score (nSPS) is 15.2. The molecule has 1 aromatic rings. The second-order valence-electron chi connectivity index (χ2n) is 6.51. The number of halogens is 2. The first-order valence-corrected chi connectivity index (χ1v) is 8.40. The van der Waals surface area contributed by atoms with Gasteiger partial charge >= 0.3 is 12.1 Å². The van der Waals surface area contributed by atoms with Crippen LogP contribution in [0.5, 0.6) is 0 Å². The summed E-state index contributed by atoms with van der Waals surface area (Å²) in [5.41, 5.74) is -0.0710. The summed E-state index contributed by atoms with van der Waals surface area (Å²) in [5.74, 6) is 0. The summed E-state index contributed by atoms with van der Waals surface area (Å²) in [7, 11) is 0. The SMILES string of the molecule is CC(C)(C)OC(=O)N1CCN(C(=O)Nc2cc(Cl)ccc2Cl)CC1. The van der Waals surface area contributed by atoms with Gasteiger partial charge in [0.25, 0.3) is 0 Å². The molecule has 1 saturated heterocycles. The van der Waals surface area contributed by atoms with E-state index in [0.29, 0.717) is 41.9 Å². The summed E-state index contributed by atoms with van der Waals surface area (Å²) >= 11 is 12.0. The Hall–Kier alpha value is -1.66. The van der Waals surface area contributed by atoms with Gasteiger partial charge < -0.3 is 19.9 Å². The first kappa shape index (κ1) is 18.7. The first-order valence-electron chi connectivity index (χ1n) is 7.64. The standard InChI is InChI=1S/C16H21Cl2N3O3/c1-16(2,3)24-15(23)21-8-6-20(7-9-21)14(22)19-13-10-11(17)4-5-12(13)18/h4-5,10H,6-9H2,1-3H3,(H,19,22). The number of rotatable bonds is 1. The Bertz CT molecular complexity index is 623. The van der Waals surface area contributed by atoms with Gasteiger partial charge in [0.2, 0.25) is 0 Å². The second-order valence-corrected chi connectivity index (χ2v) is 7.35. The summed E-state index contributed by atoms with van der Waals surface area (Å²) in [6.45, 7) is 7.15. The van der Waals surface area contributed by atoms with Crippen molar-refractivity contribution in [3.8, 4) is 0 Å². The van der Waals surface area contributed by atoms with Gasteiger partial charge in [-0.05, 0) is 39.0 Å². The van der Waals surface area contributed by atoms with Crippen molar-refractivity contribution in [2.45, 2.75) is 26.4 Å². The molecule has 1 heterocycles. The predicted molar refractivity (Wildman–Crippen MR) is 94.9 cm³/mol. The molecule has 2 rings (SSSR count). The zero-order chi connectivity index (χ0) is 17.9. The van der Waals surface area contributed by atoms with E-state index in [-0.39, 0.29) is 12.1 Å². The van der Waals surface area contributed by atoms with Gasteiger partial charge in [-0.2, -0.15) is 0 Å². The van der Waals surface area contributed by atoms with Gasteiger partial charge in [-0.1, -0.05) is 23.2 Å². The van der Waals surface area contributed by atoms with Crippen molar-refractivity contribution in [1.82, 2.24) is 9.80 Å². The highest BCUT2D eigenvalue weighted by Crippen LogP contribution is 2.25. The van der Waals surface area contributed by atoms with Crippen LogP contribution in [0.1, 0.15) is 20.8 Å². The Morgan fingerprint density at radius 2 is 1.67 bits per heavy atom. The van der Waals surface area contributed by atoms with E-state index in [4.69, 9.17) is 27.9 Å². The molecular weight excluding hydrogens is 353 g/mol. The lowest BCUT2D eigenvalue weighted by atomic mass is 10.2. The van der Waals surface area contributed by atoms with E-state index in [1.165, 1.54) is 0 Å². The number of urea groups is 1. The lowest BCUT2D eigenvalue weighted by Crippen LogP contribution is -2.52. The molecule has 6 nitrogen and oxygen atoms in total. The number of carbonyl (C=O) groups is 2. The maximum atomic E-state index is 12.3. The average Bonchev–Trinajstić information content (AvgIpc) is 2.49. The van der Waals surface area contributed by atoms with Crippen molar-refractivity contribution in [2.24, 2.45) is 0 Å². The van der Waals surface area contributed by atoms with Gasteiger partial charge in [-0.3, -0.25) is 0 Å². The maximum Gasteiger partial charge on any atom is 0.410 e. The average molecular weight is 374 g/mol. The third-order valence-corrected chi connectivity index (χ3v) is 3.95. The van der Waals surface area contributed by atoms with Crippen LogP contribution in [-0.2, 0) is 4.74 Å². The summed E-state index contributed by atoms with van der Waals surface area (Å²) in [5, 5.41) is 3.65. The maximum absolute atomic E-state index is 12.3. The van der Waals surface area contributed by atoms with Gasteiger partial charge in [0.15, 0.2) is 0 Å². The fraction of sp³-hybridized carbons (Fsp3) is 0.500. The van der Waals surface area contributed by atoms with Crippen molar-refractivity contribution < 1.29 is 14.3 Å². The quantitative estimate of drug-likeness (QED) is 0.806. The minimum Gasteiger partial charge on any atom is -0.444 e. The van der Waals surface area contributed by atoms with Crippen LogP contribution < -0.4 is 5.32 Å². The topological polar surface area (TPSA) is 61.9 Å². The van der Waals surface area contributed by atoms with Gasteiger partial charge in [0.05, 0.1) is 10.7 Å². The highest BCUT2D eigenvalue weighted by molar-refractivity contribution is 6.35. The molecule has 0 aromatic heterocycles. The van der Waals surface area contributed by atoms with Crippen molar-refractivity contribution >= 4 is 41.0 Å². The molecule has 1 aromatic carbocycles. The molecule has 0 spiro atoms. The smallest absolute Gasteiger partial charge is 0.410 e. The minimum absolute atomic E-state index is 0.275. The fourth-order valence-corrected chi connectivity index (χ4v) is 2.54. The Morgan fingerprint density at radius 1 is 1.08 bits per heavy atom. The Labute approximate surface area is 151 Å². The first-order chi connectivity index (χ1) is 11.2. The van der Waals surface area contributed by atoms with Crippen LogP contribution in [0.2, 0.25) is 10.0 Å². The number of nitrogens with one attached hydrogen (secondary N) is 1. The number of piperazine rings is 1. The van der Waals surface area contributed by atoms with E-state index in [1.54, 1.807) is 28.0 Å². The van der Waals surface area contributed by atoms with Gasteiger partial charge in [0, 0.05) is 31.2 Å². The molecule has 0 unspecified atom stereocenters. The fourth-order valence-electron chi connectivity index (χ4n) is 2.21. The highest BCUT2D eigenvalue weighted by Gasteiger charge is 2.27. The van der Waals surface area contributed by atoms with Crippen LogP contribution in [0.4, 0.5) is 15.3 Å². The number of benzene rings is 1. The molecule has 1 aliphatic heterocycles. The predicted octanol–water partition coefficient (Wildman–Crippen LogP) is 4.08. The molecule has 3 amide bonds. The molecule has 0 atom stereocenters. The molecule has 1 N–H and O–H groups in total. The summed E-state index contributed by atoms with van der Waals surface area (Å²) in [6.07, 6.45) is -0.361. The van der Waals surface area contributed by atoms with E-state index >= 15 is 0 Å². The number of hydrogen-bond acceptors (Lipinski definition) is 3. The third kappa shape index (κ3) is 5.18. The van der Waals surface area contributed by atoms with Crippen molar-refractivity contribution in [3.63, 3.8) is 0 Å². The number of carbonyl (C=O) groups excluding carboxylic acids is 2. The van der Waals surface area contributed by atoms with Gasteiger partial charge in [0.1, 0.15) is 5.60 Å². The summed E-state index contributed by atoms with van der Waals surface area (Å²) < 4.78 is 5.33.